The summed E-state index contributed by atoms with van der Waals surface area (Å²) in [6.07, 6.45) is 0. The van der Waals surface area contributed by atoms with Gasteiger partial charge in [-0.2, -0.15) is 0 Å². The molecule has 0 bridgehead atoms. The minimum absolute atomic E-state index is 0.202. The fourth-order valence-electron chi connectivity index (χ4n) is 2.58. The van der Waals surface area contributed by atoms with Gasteiger partial charge in [0.05, 0.1) is 17.6 Å². The van der Waals surface area contributed by atoms with E-state index in [0.29, 0.717) is 29.7 Å². The van der Waals surface area contributed by atoms with E-state index < -0.39 is 11.1 Å². The lowest BCUT2D eigenvalue weighted by Gasteiger charge is -2.18. The number of nitrogens with zero attached hydrogens (tertiary/aromatic N) is 1. The second-order valence-corrected chi connectivity index (χ2v) is 6.01. The Morgan fingerprint density at radius 3 is 2.46 bits per heavy atom. The fraction of sp³-hybridized carbons (Fsp3) is 0.211. The molecular weight excluding hydrogens is 334 g/mol. The predicted octanol–water partition coefficient (Wildman–Crippen LogP) is 1.68. The zero-order valence-corrected chi connectivity index (χ0v) is 14.5. The number of likely N-dealkylation sites (N-methyl/N-ethyl adjacent to an activating group) is 1. The quantitative estimate of drug-likeness (QED) is 0.682. The first kappa shape index (κ1) is 17.5. The van der Waals surface area contributed by atoms with E-state index in [1.165, 1.54) is 0 Å². The Morgan fingerprint density at radius 2 is 1.73 bits per heavy atom. The van der Waals surface area contributed by atoms with Gasteiger partial charge in [0, 0.05) is 12.6 Å². The van der Waals surface area contributed by atoms with Crippen molar-refractivity contribution in [2.45, 2.75) is 6.92 Å². The number of nitrogens with one attached hydrogen (secondary N) is 2. The molecule has 0 aliphatic heterocycles. The van der Waals surface area contributed by atoms with Crippen LogP contribution in [0.15, 0.2) is 52.1 Å². The van der Waals surface area contributed by atoms with Crippen molar-refractivity contribution in [1.29, 1.82) is 0 Å². The van der Waals surface area contributed by atoms with E-state index in [-0.39, 0.29) is 5.91 Å². The molecule has 7 nitrogen and oxygen atoms in total. The van der Waals surface area contributed by atoms with Gasteiger partial charge in [-0.15, -0.1) is 0 Å². The summed E-state index contributed by atoms with van der Waals surface area (Å²) in [4.78, 5) is 41.8. The van der Waals surface area contributed by atoms with Gasteiger partial charge in [-0.1, -0.05) is 18.2 Å². The Morgan fingerprint density at radius 1 is 1.04 bits per heavy atom. The predicted molar refractivity (Wildman–Crippen MR) is 98.8 cm³/mol. The van der Waals surface area contributed by atoms with Crippen LogP contribution in [0.25, 0.3) is 11.0 Å². The number of hydrogen-bond donors (Lipinski definition) is 2. The molecule has 0 saturated heterocycles. The number of carbonyl (C=O) groups is 1. The van der Waals surface area contributed by atoms with Crippen molar-refractivity contribution in [2.24, 2.45) is 0 Å². The summed E-state index contributed by atoms with van der Waals surface area (Å²) in [5.74, 6) is 0.591. The van der Waals surface area contributed by atoms with Gasteiger partial charge in [0.15, 0.2) is 0 Å². The Hall–Kier alpha value is -3.35. The summed E-state index contributed by atoms with van der Waals surface area (Å²) >= 11 is 0. The largest absolute Gasteiger partial charge is 0.491 e. The van der Waals surface area contributed by atoms with Gasteiger partial charge in [0.2, 0.25) is 0 Å². The Bertz CT molecular complexity index is 1070. The van der Waals surface area contributed by atoms with Crippen LogP contribution in [0.2, 0.25) is 0 Å². The third-order valence-electron chi connectivity index (χ3n) is 4.09. The lowest BCUT2D eigenvalue weighted by Crippen LogP contribution is -2.31. The highest BCUT2D eigenvalue weighted by Gasteiger charge is 2.13. The highest BCUT2D eigenvalue weighted by atomic mass is 16.5. The van der Waals surface area contributed by atoms with Crippen molar-refractivity contribution in [3.05, 3.63) is 74.3 Å². The van der Waals surface area contributed by atoms with Crippen molar-refractivity contribution >= 4 is 16.9 Å². The molecule has 134 valence electrons. The number of amides is 1. The van der Waals surface area contributed by atoms with Crippen LogP contribution in [-0.4, -0.2) is 41.0 Å². The molecule has 0 aliphatic rings. The summed E-state index contributed by atoms with van der Waals surface area (Å²) in [5.41, 5.74) is 0.860. The number of fused-ring (bicyclic) bond motifs is 1. The number of ether oxygens (including phenoxy) is 1. The SMILES string of the molecule is Cc1ccccc1OCCN(C)C(=O)c1ccc2[nH]c(=O)c(=O)[nH]c2c1. The van der Waals surface area contributed by atoms with Gasteiger partial charge >= 0.3 is 11.1 Å². The molecule has 2 aromatic carbocycles. The molecule has 0 aliphatic carbocycles. The van der Waals surface area contributed by atoms with Crippen molar-refractivity contribution in [2.75, 3.05) is 20.2 Å². The molecule has 0 spiro atoms. The van der Waals surface area contributed by atoms with E-state index in [1.54, 1.807) is 30.1 Å². The molecular formula is C19H19N3O4. The minimum atomic E-state index is -0.748. The van der Waals surface area contributed by atoms with Crippen molar-refractivity contribution < 1.29 is 9.53 Å². The first-order valence-electron chi connectivity index (χ1n) is 8.16. The van der Waals surface area contributed by atoms with Gasteiger partial charge in [-0.05, 0) is 36.8 Å². The van der Waals surface area contributed by atoms with Crippen LogP contribution in [0.3, 0.4) is 0 Å². The number of aryl methyl sites for hydroxylation is 1. The molecule has 0 atom stereocenters. The zero-order chi connectivity index (χ0) is 18.7. The van der Waals surface area contributed by atoms with E-state index >= 15 is 0 Å². The smallest absolute Gasteiger partial charge is 0.314 e. The summed E-state index contributed by atoms with van der Waals surface area (Å²) in [7, 11) is 1.68. The zero-order valence-electron chi connectivity index (χ0n) is 14.5. The van der Waals surface area contributed by atoms with Gasteiger partial charge in [0.25, 0.3) is 5.91 Å². The molecule has 7 heteroatoms. The topological polar surface area (TPSA) is 95.3 Å². The summed E-state index contributed by atoms with van der Waals surface area (Å²) in [6, 6.07) is 12.4. The van der Waals surface area contributed by atoms with E-state index in [0.717, 1.165) is 11.3 Å². The molecule has 3 aromatic rings. The highest BCUT2D eigenvalue weighted by Crippen LogP contribution is 2.16. The maximum absolute atomic E-state index is 12.6. The molecule has 26 heavy (non-hydrogen) atoms. The highest BCUT2D eigenvalue weighted by molar-refractivity contribution is 5.97. The monoisotopic (exact) mass is 353 g/mol. The van der Waals surface area contributed by atoms with Gasteiger partial charge in [-0.3, -0.25) is 14.4 Å². The maximum atomic E-state index is 12.6. The number of carbonyl (C=O) groups excluding carboxylic acids is 1. The van der Waals surface area contributed by atoms with Crippen LogP contribution < -0.4 is 15.9 Å². The van der Waals surface area contributed by atoms with Crippen molar-refractivity contribution in [1.82, 2.24) is 14.9 Å². The maximum Gasteiger partial charge on any atom is 0.314 e. The number of hydrogen-bond acceptors (Lipinski definition) is 4. The van der Waals surface area contributed by atoms with E-state index in [4.69, 9.17) is 4.74 Å². The number of rotatable bonds is 5. The van der Waals surface area contributed by atoms with E-state index in [1.807, 2.05) is 31.2 Å². The molecule has 1 aromatic heterocycles. The van der Waals surface area contributed by atoms with Crippen LogP contribution in [-0.2, 0) is 0 Å². The summed E-state index contributed by atoms with van der Waals surface area (Å²) in [5, 5.41) is 0. The second-order valence-electron chi connectivity index (χ2n) is 6.01. The average molecular weight is 353 g/mol. The normalized spacial score (nSPS) is 10.7. The van der Waals surface area contributed by atoms with Gasteiger partial charge in [0.1, 0.15) is 12.4 Å². The van der Waals surface area contributed by atoms with Crippen LogP contribution >= 0.6 is 0 Å². The molecule has 1 heterocycles. The summed E-state index contributed by atoms with van der Waals surface area (Å²) in [6.45, 7) is 2.74. The third kappa shape index (κ3) is 3.66. The van der Waals surface area contributed by atoms with Crippen molar-refractivity contribution in [3.8, 4) is 5.75 Å². The lowest BCUT2D eigenvalue weighted by atomic mass is 10.1. The Kier molecular flexibility index (Phi) is 4.88. The third-order valence-corrected chi connectivity index (χ3v) is 4.09. The molecule has 1 amide bonds. The van der Waals surface area contributed by atoms with E-state index in [9.17, 15) is 14.4 Å². The van der Waals surface area contributed by atoms with Gasteiger partial charge in [-0.25, -0.2) is 0 Å². The number of aromatic amines is 2. The molecule has 2 N–H and O–H groups in total. The fourth-order valence-corrected chi connectivity index (χ4v) is 2.58. The Labute approximate surface area is 149 Å². The van der Waals surface area contributed by atoms with E-state index in [2.05, 4.69) is 9.97 Å². The first-order valence-corrected chi connectivity index (χ1v) is 8.16. The minimum Gasteiger partial charge on any atom is -0.491 e. The number of aromatic nitrogens is 2. The van der Waals surface area contributed by atoms with Crippen molar-refractivity contribution in [3.63, 3.8) is 0 Å². The second kappa shape index (κ2) is 7.26. The first-order chi connectivity index (χ1) is 12.5. The lowest BCUT2D eigenvalue weighted by molar-refractivity contribution is 0.0774. The molecule has 0 radical (unpaired) electrons. The van der Waals surface area contributed by atoms with Crippen LogP contribution in [0.1, 0.15) is 15.9 Å². The summed E-state index contributed by atoms with van der Waals surface area (Å²) < 4.78 is 5.71. The van der Waals surface area contributed by atoms with Crippen LogP contribution in [0, 0.1) is 6.92 Å². The Balaban J connectivity index is 1.69. The average Bonchev–Trinajstić information content (AvgIpc) is 2.63. The molecule has 0 fully saturated rings. The van der Waals surface area contributed by atoms with Gasteiger partial charge < -0.3 is 19.6 Å². The van der Waals surface area contributed by atoms with Crippen LogP contribution in [0.4, 0.5) is 0 Å². The standard InChI is InChI=1S/C19H19N3O4/c1-12-5-3-4-6-16(12)26-10-9-22(2)19(25)13-7-8-14-15(11-13)21-18(24)17(23)20-14/h3-8,11H,9-10H2,1-2H3,(H,20,23)(H,21,24). The van der Waals surface area contributed by atoms with Crippen LogP contribution in [0.5, 0.6) is 5.75 Å². The molecule has 0 saturated carbocycles. The number of para-hydroxylation sites is 1. The molecule has 0 unspecified atom stereocenters. The molecule has 3 rings (SSSR count). The number of benzene rings is 2. The number of H-pyrrole nitrogens is 2.